The van der Waals surface area contributed by atoms with Crippen molar-refractivity contribution < 1.29 is 23.8 Å². The molecule has 0 spiro atoms. The van der Waals surface area contributed by atoms with Crippen LogP contribution in [0.2, 0.25) is 0 Å². The summed E-state index contributed by atoms with van der Waals surface area (Å²) in [6.45, 7) is 7.41. The lowest BCUT2D eigenvalue weighted by Crippen LogP contribution is -2.45. The average Bonchev–Trinajstić information content (AvgIpc) is 2.86. The van der Waals surface area contributed by atoms with Crippen LogP contribution in [0.5, 0.6) is 11.5 Å². The number of esters is 1. The van der Waals surface area contributed by atoms with Crippen LogP contribution in [-0.4, -0.2) is 43.0 Å². The van der Waals surface area contributed by atoms with E-state index in [-0.39, 0.29) is 13.2 Å². The third-order valence-corrected chi connectivity index (χ3v) is 5.24. The molecule has 2 aromatic carbocycles. The molecule has 0 fully saturated rings. The molecule has 9 nitrogen and oxygen atoms in total. The smallest absolute Gasteiger partial charge is 0.338 e. The molecule has 0 bridgehead atoms. The van der Waals surface area contributed by atoms with Gasteiger partial charge in [-0.25, -0.2) is 10.2 Å². The molecule has 0 saturated heterocycles. The van der Waals surface area contributed by atoms with Crippen LogP contribution in [0.4, 0.5) is 0 Å². The Morgan fingerprint density at radius 2 is 1.86 bits per heavy atom. The zero-order valence-electron chi connectivity index (χ0n) is 20.1. The monoisotopic (exact) mass is 508 g/mol. The molecule has 2 aromatic rings. The van der Waals surface area contributed by atoms with Crippen molar-refractivity contribution in [2.45, 2.75) is 19.9 Å². The molecule has 3 rings (SSSR count). The minimum Gasteiger partial charge on any atom is -0.489 e. The van der Waals surface area contributed by atoms with Gasteiger partial charge < -0.3 is 24.8 Å². The third kappa shape index (κ3) is 6.92. The van der Waals surface area contributed by atoms with Gasteiger partial charge in [0.1, 0.15) is 18.1 Å². The SMILES string of the molecule is C=CCOc1ccccc1C=NNC(=O)COc1ccccc1[C@H]1NC(=S)NC(C)=C1C(=O)OCC. The number of rotatable bonds is 11. The minimum atomic E-state index is -0.609. The molecule has 1 aliphatic rings. The fourth-order valence-corrected chi connectivity index (χ4v) is 3.74. The summed E-state index contributed by atoms with van der Waals surface area (Å²) >= 11 is 5.29. The Bertz CT molecular complexity index is 1190. The van der Waals surface area contributed by atoms with Crippen LogP contribution in [0.1, 0.15) is 31.0 Å². The van der Waals surface area contributed by atoms with Gasteiger partial charge in [0.15, 0.2) is 11.7 Å². The second kappa shape index (κ2) is 13.1. The van der Waals surface area contributed by atoms with E-state index in [9.17, 15) is 9.59 Å². The molecule has 1 amide bonds. The molecule has 10 heteroatoms. The predicted molar refractivity (Wildman–Crippen MR) is 141 cm³/mol. The van der Waals surface area contributed by atoms with E-state index in [1.807, 2.05) is 24.3 Å². The summed E-state index contributed by atoms with van der Waals surface area (Å²) in [7, 11) is 0. The molecule has 1 heterocycles. The maximum absolute atomic E-state index is 12.7. The van der Waals surface area contributed by atoms with E-state index in [2.05, 4.69) is 27.7 Å². The predicted octanol–water partition coefficient (Wildman–Crippen LogP) is 3.14. The number of amides is 1. The summed E-state index contributed by atoms with van der Waals surface area (Å²) in [5, 5.41) is 10.4. The van der Waals surface area contributed by atoms with Crippen LogP contribution in [0, 0.1) is 0 Å². The number of ether oxygens (including phenoxy) is 3. The van der Waals surface area contributed by atoms with Crippen molar-refractivity contribution in [3.63, 3.8) is 0 Å². The molecule has 0 unspecified atom stereocenters. The van der Waals surface area contributed by atoms with Crippen molar-refractivity contribution in [2.24, 2.45) is 5.10 Å². The highest BCUT2D eigenvalue weighted by atomic mass is 32.1. The van der Waals surface area contributed by atoms with Crippen LogP contribution in [-0.2, 0) is 14.3 Å². The first-order chi connectivity index (χ1) is 17.4. The lowest BCUT2D eigenvalue weighted by Gasteiger charge is -2.30. The minimum absolute atomic E-state index is 0.233. The van der Waals surface area contributed by atoms with Crippen LogP contribution < -0.4 is 25.5 Å². The van der Waals surface area contributed by atoms with Crippen molar-refractivity contribution in [1.82, 2.24) is 16.1 Å². The van der Waals surface area contributed by atoms with E-state index < -0.39 is 17.9 Å². The largest absolute Gasteiger partial charge is 0.489 e. The molecule has 0 aromatic heterocycles. The molecule has 36 heavy (non-hydrogen) atoms. The van der Waals surface area contributed by atoms with Gasteiger partial charge in [-0.3, -0.25) is 4.79 Å². The molecular weight excluding hydrogens is 480 g/mol. The van der Waals surface area contributed by atoms with Crippen LogP contribution in [0.3, 0.4) is 0 Å². The molecule has 1 atom stereocenters. The Labute approximate surface area is 215 Å². The standard InChI is InChI=1S/C26H28N4O5S/c1-4-14-34-20-12-8-6-10-18(20)15-27-30-22(31)16-35-21-13-9-7-11-19(21)24-23(25(32)33-5-2)17(3)28-26(36)29-24/h4,6-13,15,24H,1,5,14,16H2,2-3H3,(H,30,31)(H2,28,29,36)/t24-/m1/s1. The highest BCUT2D eigenvalue weighted by Gasteiger charge is 2.32. The molecular formula is C26H28N4O5S. The van der Waals surface area contributed by atoms with Crippen LogP contribution >= 0.6 is 12.2 Å². The van der Waals surface area contributed by atoms with Crippen molar-refractivity contribution in [3.05, 3.63) is 83.6 Å². The lowest BCUT2D eigenvalue weighted by atomic mass is 9.95. The van der Waals surface area contributed by atoms with Crippen molar-refractivity contribution in [1.29, 1.82) is 0 Å². The van der Waals surface area contributed by atoms with Crippen molar-refractivity contribution in [3.8, 4) is 11.5 Å². The molecule has 0 radical (unpaired) electrons. The molecule has 0 saturated carbocycles. The second-order valence-electron chi connectivity index (χ2n) is 7.55. The van der Waals surface area contributed by atoms with Gasteiger partial charge in [-0.15, -0.1) is 0 Å². The van der Waals surface area contributed by atoms with Gasteiger partial charge in [0.2, 0.25) is 0 Å². The van der Waals surface area contributed by atoms with Gasteiger partial charge in [-0.1, -0.05) is 43.0 Å². The average molecular weight is 509 g/mol. The topological polar surface area (TPSA) is 110 Å². The number of thiocarbonyl (C=S) groups is 1. The summed E-state index contributed by atoms with van der Waals surface area (Å²) in [5.74, 6) is 0.101. The number of hydrogen-bond donors (Lipinski definition) is 3. The quantitative estimate of drug-likeness (QED) is 0.140. The van der Waals surface area contributed by atoms with Gasteiger partial charge in [-0.2, -0.15) is 5.10 Å². The number of carbonyl (C=O) groups is 2. The van der Waals surface area contributed by atoms with E-state index in [1.54, 1.807) is 44.2 Å². The number of hydrazone groups is 1. The molecule has 188 valence electrons. The Kier molecular flexibility index (Phi) is 9.58. The number of hydrogen-bond acceptors (Lipinski definition) is 7. The molecule has 0 aliphatic carbocycles. The van der Waals surface area contributed by atoms with Crippen molar-refractivity contribution >= 4 is 35.4 Å². The summed E-state index contributed by atoms with van der Waals surface area (Å²) < 4.78 is 16.6. The summed E-state index contributed by atoms with van der Waals surface area (Å²) in [6, 6.07) is 13.8. The number of carbonyl (C=O) groups excluding carboxylic acids is 2. The summed E-state index contributed by atoms with van der Waals surface area (Å²) in [4.78, 5) is 25.0. The maximum atomic E-state index is 12.7. The van der Waals surface area contributed by atoms with Gasteiger partial charge >= 0.3 is 5.97 Å². The number of nitrogens with zero attached hydrogens (tertiary/aromatic N) is 1. The second-order valence-corrected chi connectivity index (χ2v) is 7.96. The van der Waals surface area contributed by atoms with Crippen LogP contribution in [0.15, 0.2) is 77.6 Å². The first-order valence-electron chi connectivity index (χ1n) is 11.3. The van der Waals surface area contributed by atoms with E-state index in [4.69, 9.17) is 26.4 Å². The van der Waals surface area contributed by atoms with E-state index in [1.165, 1.54) is 6.21 Å². The zero-order chi connectivity index (χ0) is 25.9. The number of para-hydroxylation sites is 2. The number of benzene rings is 2. The highest BCUT2D eigenvalue weighted by molar-refractivity contribution is 7.80. The lowest BCUT2D eigenvalue weighted by molar-refractivity contribution is -0.139. The highest BCUT2D eigenvalue weighted by Crippen LogP contribution is 2.33. The summed E-state index contributed by atoms with van der Waals surface area (Å²) in [6.07, 6.45) is 3.13. The first-order valence-corrected chi connectivity index (χ1v) is 11.7. The Morgan fingerprint density at radius 1 is 1.14 bits per heavy atom. The van der Waals surface area contributed by atoms with Crippen molar-refractivity contribution in [2.75, 3.05) is 19.8 Å². The fourth-order valence-electron chi connectivity index (χ4n) is 3.47. The fraction of sp³-hybridized carbons (Fsp3) is 0.231. The van der Waals surface area contributed by atoms with E-state index >= 15 is 0 Å². The number of nitrogens with one attached hydrogen (secondary N) is 3. The Balaban J connectivity index is 1.69. The third-order valence-electron chi connectivity index (χ3n) is 5.02. The first kappa shape index (κ1) is 26.4. The molecule has 3 N–H and O–H groups in total. The summed E-state index contributed by atoms with van der Waals surface area (Å²) in [5.41, 5.74) is 4.74. The zero-order valence-corrected chi connectivity index (χ0v) is 20.9. The van der Waals surface area contributed by atoms with Gasteiger partial charge in [0.05, 0.1) is 24.4 Å². The normalized spacial score (nSPS) is 15.1. The van der Waals surface area contributed by atoms with E-state index in [0.717, 1.165) is 0 Å². The number of allylic oxidation sites excluding steroid dienone is 1. The molecule has 1 aliphatic heterocycles. The van der Waals surface area contributed by atoms with E-state index in [0.29, 0.717) is 45.6 Å². The van der Waals surface area contributed by atoms with Crippen LogP contribution in [0.25, 0.3) is 0 Å². The Morgan fingerprint density at radius 3 is 2.61 bits per heavy atom. The maximum Gasteiger partial charge on any atom is 0.338 e. The van der Waals surface area contributed by atoms with Gasteiger partial charge in [0, 0.05) is 16.8 Å². The Hall–Kier alpha value is -4.18. The van der Waals surface area contributed by atoms with Gasteiger partial charge in [-0.05, 0) is 44.3 Å². The van der Waals surface area contributed by atoms with Gasteiger partial charge in [0.25, 0.3) is 5.91 Å².